The lowest BCUT2D eigenvalue weighted by Crippen LogP contribution is -2.00. The fourth-order valence-corrected chi connectivity index (χ4v) is 0.903. The minimum absolute atomic E-state index is 0.514. The van der Waals surface area contributed by atoms with Gasteiger partial charge >= 0.3 is 0 Å². The first-order valence-corrected chi connectivity index (χ1v) is 4.25. The van der Waals surface area contributed by atoms with E-state index in [0.717, 1.165) is 12.0 Å². The van der Waals surface area contributed by atoms with Crippen LogP contribution in [0.15, 0.2) is 31.0 Å². The predicted octanol–water partition coefficient (Wildman–Crippen LogP) is 1.50. The third kappa shape index (κ3) is 3.25. The first-order valence-electron chi connectivity index (χ1n) is 4.25. The molecule has 0 saturated carbocycles. The van der Waals surface area contributed by atoms with Crippen molar-refractivity contribution in [2.24, 2.45) is 5.73 Å². The van der Waals surface area contributed by atoms with E-state index in [1.807, 2.05) is 18.2 Å². The summed E-state index contributed by atoms with van der Waals surface area (Å²) in [6, 6.07) is 3.73. The normalized spacial score (nSPS) is 9.62. The van der Waals surface area contributed by atoms with Crippen LogP contribution in [-0.4, -0.2) is 11.6 Å². The van der Waals surface area contributed by atoms with Crippen molar-refractivity contribution in [1.29, 1.82) is 0 Å². The summed E-state index contributed by atoms with van der Waals surface area (Å²) in [7, 11) is 0. The summed E-state index contributed by atoms with van der Waals surface area (Å²) in [4.78, 5) is 4.05. The molecule has 0 atom stereocenters. The van der Waals surface area contributed by atoms with Crippen LogP contribution >= 0.6 is 0 Å². The molecular weight excluding hydrogens is 164 g/mol. The average Bonchev–Trinajstić information content (AvgIpc) is 2.19. The van der Waals surface area contributed by atoms with Crippen LogP contribution in [0.5, 0.6) is 5.88 Å². The summed E-state index contributed by atoms with van der Waals surface area (Å²) in [6.07, 6.45) is 4.34. The second kappa shape index (κ2) is 5.32. The van der Waals surface area contributed by atoms with Crippen molar-refractivity contribution < 1.29 is 4.74 Å². The van der Waals surface area contributed by atoms with Crippen molar-refractivity contribution in [3.05, 3.63) is 36.5 Å². The van der Waals surface area contributed by atoms with Gasteiger partial charge in [0.15, 0.2) is 0 Å². The Balaban J connectivity index is 2.50. The molecule has 0 fully saturated rings. The largest absolute Gasteiger partial charge is 0.477 e. The number of nitrogens with zero attached hydrogens (tertiary/aromatic N) is 1. The van der Waals surface area contributed by atoms with Gasteiger partial charge in [0, 0.05) is 18.8 Å². The maximum absolute atomic E-state index is 5.47. The zero-order valence-electron chi connectivity index (χ0n) is 7.57. The topological polar surface area (TPSA) is 48.1 Å². The Morgan fingerprint density at radius 2 is 2.46 bits per heavy atom. The molecule has 0 unspecified atom stereocenters. The molecule has 1 heterocycles. The Morgan fingerprint density at radius 1 is 1.62 bits per heavy atom. The number of hydrogen-bond donors (Lipinski definition) is 1. The number of nitrogens with two attached hydrogens (primary N) is 1. The van der Waals surface area contributed by atoms with Crippen molar-refractivity contribution in [3.63, 3.8) is 0 Å². The van der Waals surface area contributed by atoms with Gasteiger partial charge < -0.3 is 10.5 Å². The second-order valence-electron chi connectivity index (χ2n) is 2.63. The fraction of sp³-hybridized carbons (Fsp3) is 0.300. The van der Waals surface area contributed by atoms with Gasteiger partial charge in [0.1, 0.15) is 0 Å². The monoisotopic (exact) mass is 178 g/mol. The standard InChI is InChI=1S/C10H14N2O/c1-2-3-6-13-10-7-9(8-11)4-5-12-10/h2,4-5,7H,1,3,6,8,11H2. The molecule has 3 heteroatoms. The third-order valence-electron chi connectivity index (χ3n) is 1.61. The molecule has 0 saturated heterocycles. The van der Waals surface area contributed by atoms with Crippen molar-refractivity contribution in [2.75, 3.05) is 6.61 Å². The highest BCUT2D eigenvalue weighted by molar-refractivity contribution is 5.19. The Morgan fingerprint density at radius 3 is 3.15 bits per heavy atom. The molecule has 0 aliphatic carbocycles. The van der Waals surface area contributed by atoms with Crippen molar-refractivity contribution in [3.8, 4) is 5.88 Å². The SMILES string of the molecule is C=CCCOc1cc(CN)ccn1. The zero-order valence-corrected chi connectivity index (χ0v) is 7.57. The number of pyridine rings is 1. The van der Waals surface area contributed by atoms with Crippen molar-refractivity contribution >= 4 is 0 Å². The molecule has 0 amide bonds. The molecule has 0 radical (unpaired) electrons. The van der Waals surface area contributed by atoms with Crippen LogP contribution < -0.4 is 10.5 Å². The van der Waals surface area contributed by atoms with Crippen LogP contribution in [0, 0.1) is 0 Å². The number of hydrogen-bond acceptors (Lipinski definition) is 3. The van der Waals surface area contributed by atoms with E-state index in [9.17, 15) is 0 Å². The maximum atomic E-state index is 5.47. The number of ether oxygens (including phenoxy) is 1. The molecule has 70 valence electrons. The third-order valence-corrected chi connectivity index (χ3v) is 1.61. The van der Waals surface area contributed by atoms with Crippen molar-refractivity contribution in [2.45, 2.75) is 13.0 Å². The molecule has 1 aromatic rings. The van der Waals surface area contributed by atoms with Crippen LogP contribution in [0.4, 0.5) is 0 Å². The quantitative estimate of drug-likeness (QED) is 0.549. The summed E-state index contributed by atoms with van der Waals surface area (Å²) in [6.45, 7) is 4.74. The molecule has 0 aliphatic rings. The van der Waals surface area contributed by atoms with Crippen molar-refractivity contribution in [1.82, 2.24) is 4.98 Å². The van der Waals surface area contributed by atoms with E-state index >= 15 is 0 Å². The Bertz CT molecular complexity index is 273. The number of aromatic nitrogens is 1. The summed E-state index contributed by atoms with van der Waals surface area (Å²) in [5, 5.41) is 0. The Hall–Kier alpha value is -1.35. The smallest absolute Gasteiger partial charge is 0.213 e. The van der Waals surface area contributed by atoms with E-state index < -0.39 is 0 Å². The number of rotatable bonds is 5. The van der Waals surface area contributed by atoms with Crippen LogP contribution in [0.3, 0.4) is 0 Å². The summed E-state index contributed by atoms with van der Waals surface area (Å²) < 4.78 is 5.35. The Kier molecular flexibility index (Phi) is 3.99. The molecule has 0 spiro atoms. The first-order chi connectivity index (χ1) is 6.36. The van der Waals surface area contributed by atoms with Gasteiger partial charge in [-0.1, -0.05) is 6.08 Å². The fourth-order valence-electron chi connectivity index (χ4n) is 0.903. The molecule has 13 heavy (non-hydrogen) atoms. The van der Waals surface area contributed by atoms with Gasteiger partial charge in [0.05, 0.1) is 6.61 Å². The van der Waals surface area contributed by atoms with Gasteiger partial charge in [-0.15, -0.1) is 6.58 Å². The highest BCUT2D eigenvalue weighted by Gasteiger charge is 1.95. The van der Waals surface area contributed by atoms with E-state index in [2.05, 4.69) is 11.6 Å². The van der Waals surface area contributed by atoms with E-state index in [1.165, 1.54) is 0 Å². The molecule has 0 aromatic carbocycles. The van der Waals surface area contributed by atoms with Gasteiger partial charge in [-0.05, 0) is 18.1 Å². The predicted molar refractivity (Wildman–Crippen MR) is 52.4 cm³/mol. The van der Waals surface area contributed by atoms with E-state index in [1.54, 1.807) is 6.20 Å². The van der Waals surface area contributed by atoms with E-state index in [0.29, 0.717) is 19.0 Å². The lowest BCUT2D eigenvalue weighted by Gasteiger charge is -2.03. The molecule has 1 aromatic heterocycles. The van der Waals surface area contributed by atoms with E-state index in [4.69, 9.17) is 10.5 Å². The van der Waals surface area contributed by atoms with Crippen LogP contribution in [-0.2, 0) is 6.54 Å². The van der Waals surface area contributed by atoms with Crippen LogP contribution in [0.1, 0.15) is 12.0 Å². The lowest BCUT2D eigenvalue weighted by molar-refractivity contribution is 0.312. The first kappa shape index (κ1) is 9.74. The van der Waals surface area contributed by atoms with Gasteiger partial charge in [0.25, 0.3) is 0 Å². The Labute approximate surface area is 78.2 Å². The summed E-state index contributed by atoms with van der Waals surface area (Å²) >= 11 is 0. The lowest BCUT2D eigenvalue weighted by atomic mass is 10.3. The maximum Gasteiger partial charge on any atom is 0.213 e. The van der Waals surface area contributed by atoms with Crippen LogP contribution in [0.25, 0.3) is 0 Å². The molecule has 1 rings (SSSR count). The molecule has 3 nitrogen and oxygen atoms in total. The highest BCUT2D eigenvalue weighted by atomic mass is 16.5. The zero-order chi connectivity index (χ0) is 9.52. The minimum Gasteiger partial charge on any atom is -0.477 e. The summed E-state index contributed by atoms with van der Waals surface area (Å²) in [5.74, 6) is 0.629. The molecule has 2 N–H and O–H groups in total. The minimum atomic E-state index is 0.514. The highest BCUT2D eigenvalue weighted by Crippen LogP contribution is 2.08. The van der Waals surface area contributed by atoms with Crippen LogP contribution in [0.2, 0.25) is 0 Å². The molecule has 0 bridgehead atoms. The van der Waals surface area contributed by atoms with E-state index in [-0.39, 0.29) is 0 Å². The molecular formula is C10H14N2O. The average molecular weight is 178 g/mol. The van der Waals surface area contributed by atoms with Gasteiger partial charge in [0.2, 0.25) is 5.88 Å². The van der Waals surface area contributed by atoms with Gasteiger partial charge in [-0.3, -0.25) is 0 Å². The van der Waals surface area contributed by atoms with Gasteiger partial charge in [-0.25, -0.2) is 4.98 Å². The summed E-state index contributed by atoms with van der Waals surface area (Å²) in [5.41, 5.74) is 6.51. The van der Waals surface area contributed by atoms with Gasteiger partial charge in [-0.2, -0.15) is 0 Å². The molecule has 0 aliphatic heterocycles. The second-order valence-corrected chi connectivity index (χ2v) is 2.63.